The van der Waals surface area contributed by atoms with E-state index in [1.54, 1.807) is 0 Å². The van der Waals surface area contributed by atoms with Gasteiger partial charge in [0.2, 0.25) is 5.69 Å². The Morgan fingerprint density at radius 1 is 1.00 bits per heavy atom. The first-order valence-corrected chi connectivity index (χ1v) is 7.67. The van der Waals surface area contributed by atoms with Crippen LogP contribution in [0.25, 0.3) is 10.4 Å². The van der Waals surface area contributed by atoms with Crippen LogP contribution < -0.4 is 0 Å². The van der Waals surface area contributed by atoms with Crippen molar-refractivity contribution in [3.05, 3.63) is 21.8 Å². The lowest BCUT2D eigenvalue weighted by Gasteiger charge is -2.18. The van der Waals surface area contributed by atoms with Crippen LogP contribution in [0.2, 0.25) is 0 Å². The first-order valence-electron chi connectivity index (χ1n) is 7.67. The van der Waals surface area contributed by atoms with Gasteiger partial charge in [-0.15, -0.1) is 5.10 Å². The number of nitrogens with zero attached hydrogens (tertiary/aromatic N) is 6. The van der Waals surface area contributed by atoms with Crippen LogP contribution in [0, 0.1) is 0 Å². The highest BCUT2D eigenvalue weighted by Crippen LogP contribution is 2.22. The van der Waals surface area contributed by atoms with Crippen LogP contribution in [-0.2, 0) is 28.5 Å². The van der Waals surface area contributed by atoms with E-state index in [-0.39, 0.29) is 12.8 Å². The zero-order valence-electron chi connectivity index (χ0n) is 15.5. The van der Waals surface area contributed by atoms with Crippen molar-refractivity contribution < 1.29 is 38.1 Å². The molecule has 0 aliphatic rings. The number of hydrogen-bond donors (Lipinski definition) is 0. The van der Waals surface area contributed by atoms with Crippen molar-refractivity contribution in [3.63, 3.8) is 0 Å². The van der Waals surface area contributed by atoms with Gasteiger partial charge in [-0.3, -0.25) is 4.79 Å². The predicted octanol–water partition coefficient (Wildman–Crippen LogP) is 0.197. The summed E-state index contributed by atoms with van der Waals surface area (Å²) in [6.45, 7) is 0. The van der Waals surface area contributed by atoms with Gasteiger partial charge in [-0.1, -0.05) is 10.3 Å². The van der Waals surface area contributed by atoms with Gasteiger partial charge in [0.05, 0.1) is 28.4 Å². The van der Waals surface area contributed by atoms with Gasteiger partial charge in [0, 0.05) is 4.91 Å². The van der Waals surface area contributed by atoms with Crippen LogP contribution in [0.15, 0.2) is 5.11 Å². The van der Waals surface area contributed by atoms with E-state index in [2.05, 4.69) is 34.5 Å². The molecule has 0 aromatic carbocycles. The molecule has 152 valence electrons. The van der Waals surface area contributed by atoms with E-state index in [0.717, 1.165) is 33.1 Å². The van der Waals surface area contributed by atoms with Crippen LogP contribution >= 0.6 is 0 Å². The Kier molecular flexibility index (Phi) is 8.37. The van der Waals surface area contributed by atoms with Crippen LogP contribution in [0.1, 0.15) is 39.9 Å². The summed E-state index contributed by atoms with van der Waals surface area (Å²) in [7, 11) is 4.33. The minimum atomic E-state index is -1.29. The van der Waals surface area contributed by atoms with Crippen molar-refractivity contribution >= 4 is 23.9 Å². The molecule has 1 rings (SSSR count). The largest absolute Gasteiger partial charge is 0.469 e. The molecule has 14 nitrogen and oxygen atoms in total. The quantitative estimate of drug-likeness (QED) is 0.183. The molecule has 2 unspecified atom stereocenters. The highest BCUT2D eigenvalue weighted by molar-refractivity contribution is 6.00. The molecule has 0 aliphatic heterocycles. The number of carbonyl (C=O) groups is 4. The zero-order chi connectivity index (χ0) is 21.3. The lowest BCUT2D eigenvalue weighted by molar-refractivity contribution is -0.146. The maximum Gasteiger partial charge on any atom is 0.361 e. The number of esters is 4. The Hall–Kier alpha value is -3.67. The Morgan fingerprint density at radius 2 is 1.61 bits per heavy atom. The molecule has 1 aromatic rings. The van der Waals surface area contributed by atoms with E-state index in [0.29, 0.717) is 0 Å². The predicted molar refractivity (Wildman–Crippen MR) is 87.9 cm³/mol. The average Bonchev–Trinajstić information content (AvgIpc) is 3.15. The van der Waals surface area contributed by atoms with Crippen molar-refractivity contribution in [2.24, 2.45) is 5.11 Å². The van der Waals surface area contributed by atoms with Crippen molar-refractivity contribution in [1.29, 1.82) is 0 Å². The van der Waals surface area contributed by atoms with Gasteiger partial charge in [0.15, 0.2) is 11.7 Å². The summed E-state index contributed by atoms with van der Waals surface area (Å²) in [4.78, 5) is 50.4. The molecule has 0 amide bonds. The normalized spacial score (nSPS) is 12.1. The van der Waals surface area contributed by atoms with Crippen molar-refractivity contribution in [2.45, 2.75) is 24.9 Å². The van der Waals surface area contributed by atoms with Crippen LogP contribution in [0.5, 0.6) is 0 Å². The summed E-state index contributed by atoms with van der Waals surface area (Å²) in [5, 5.41) is 10.5. The van der Waals surface area contributed by atoms with Crippen LogP contribution in [0.3, 0.4) is 0 Å². The highest BCUT2D eigenvalue weighted by Gasteiger charge is 2.34. The molecule has 1 heterocycles. The molecule has 0 N–H and O–H groups in total. The second kappa shape index (κ2) is 10.5. The van der Waals surface area contributed by atoms with Crippen molar-refractivity contribution in [2.75, 3.05) is 28.4 Å². The Balaban J connectivity index is 3.34. The number of rotatable bonds is 9. The van der Waals surface area contributed by atoms with Gasteiger partial charge in [-0.2, -0.15) is 0 Å². The van der Waals surface area contributed by atoms with E-state index in [1.165, 1.54) is 0 Å². The van der Waals surface area contributed by atoms with Gasteiger partial charge in [-0.05, 0) is 18.4 Å². The SMILES string of the molecule is COC(=O)c1nnn(C(CCC(N=[N+]=[N-])C(=O)OC)C(=O)OC)c1C(=O)OC. The molecular weight excluding hydrogens is 380 g/mol. The third-order valence-electron chi connectivity index (χ3n) is 3.60. The summed E-state index contributed by atoms with van der Waals surface area (Å²) in [6, 6.07) is -2.52. The van der Waals surface area contributed by atoms with Crippen molar-refractivity contribution in [1.82, 2.24) is 15.0 Å². The summed E-state index contributed by atoms with van der Waals surface area (Å²) >= 11 is 0. The van der Waals surface area contributed by atoms with E-state index < -0.39 is 47.3 Å². The molecule has 0 radical (unpaired) electrons. The summed E-state index contributed by atoms with van der Waals surface area (Å²) < 4.78 is 19.2. The minimum absolute atomic E-state index is 0.148. The molecule has 0 aliphatic carbocycles. The Bertz CT molecular complexity index is 800. The molecule has 28 heavy (non-hydrogen) atoms. The Morgan fingerprint density at radius 3 is 2.11 bits per heavy atom. The third-order valence-corrected chi connectivity index (χ3v) is 3.60. The van der Waals surface area contributed by atoms with Crippen molar-refractivity contribution in [3.8, 4) is 0 Å². The second-order valence-corrected chi connectivity index (χ2v) is 5.07. The fraction of sp³-hybridized carbons (Fsp3) is 0.571. The standard InChI is InChI=1S/C14H18N6O8/c1-25-11(21)7(16-18-15)5-6-8(12(22)26-2)20-10(14(24)28-4)9(17-19-20)13(23)27-3/h7-8H,5-6H2,1-4H3. The van der Waals surface area contributed by atoms with E-state index in [9.17, 15) is 19.2 Å². The number of azide groups is 1. The molecule has 0 bridgehead atoms. The number of aromatic nitrogens is 3. The molecular formula is C14H18N6O8. The molecule has 0 spiro atoms. The number of ether oxygens (including phenoxy) is 4. The fourth-order valence-corrected chi connectivity index (χ4v) is 2.25. The fourth-order valence-electron chi connectivity index (χ4n) is 2.25. The Labute approximate surface area is 158 Å². The maximum absolute atomic E-state index is 12.2. The first kappa shape index (κ1) is 22.4. The monoisotopic (exact) mass is 398 g/mol. The van der Waals surface area contributed by atoms with Crippen LogP contribution in [-0.4, -0.2) is 73.4 Å². The van der Waals surface area contributed by atoms with Gasteiger partial charge >= 0.3 is 23.9 Å². The van der Waals surface area contributed by atoms with Gasteiger partial charge < -0.3 is 18.9 Å². The van der Waals surface area contributed by atoms with Gasteiger partial charge in [0.1, 0.15) is 6.04 Å². The second-order valence-electron chi connectivity index (χ2n) is 5.07. The topological polar surface area (TPSA) is 185 Å². The first-order chi connectivity index (χ1) is 13.4. The van der Waals surface area contributed by atoms with E-state index in [4.69, 9.17) is 10.3 Å². The lowest BCUT2D eigenvalue weighted by Crippen LogP contribution is -2.29. The zero-order valence-corrected chi connectivity index (χ0v) is 15.5. The van der Waals surface area contributed by atoms with Gasteiger partial charge in [0.25, 0.3) is 0 Å². The molecule has 2 atom stereocenters. The summed E-state index contributed by atoms with van der Waals surface area (Å²) in [6.07, 6.45) is -0.316. The average molecular weight is 398 g/mol. The van der Waals surface area contributed by atoms with E-state index >= 15 is 0 Å². The van der Waals surface area contributed by atoms with E-state index in [1.807, 2.05) is 0 Å². The highest BCUT2D eigenvalue weighted by atomic mass is 16.5. The number of hydrogen-bond acceptors (Lipinski definition) is 11. The molecule has 0 saturated heterocycles. The summed E-state index contributed by atoms with van der Waals surface area (Å²) in [5.74, 6) is -3.64. The van der Waals surface area contributed by atoms with Crippen LogP contribution in [0.4, 0.5) is 0 Å². The summed E-state index contributed by atoms with van der Waals surface area (Å²) in [5.41, 5.74) is 7.67. The number of carbonyl (C=O) groups excluding carboxylic acids is 4. The number of methoxy groups -OCH3 is 4. The lowest BCUT2D eigenvalue weighted by atomic mass is 10.1. The molecule has 1 aromatic heterocycles. The minimum Gasteiger partial charge on any atom is -0.469 e. The molecule has 0 fully saturated rings. The maximum atomic E-state index is 12.2. The smallest absolute Gasteiger partial charge is 0.361 e. The molecule has 0 saturated carbocycles. The molecule has 14 heteroatoms. The van der Waals surface area contributed by atoms with Gasteiger partial charge in [-0.25, -0.2) is 19.1 Å². The third kappa shape index (κ3) is 4.94.